The number of carbonyl (C=O) groups excluding carboxylic acids is 2. The highest BCUT2D eigenvalue weighted by Gasteiger charge is 2.36. The molecule has 0 radical (unpaired) electrons. The summed E-state index contributed by atoms with van der Waals surface area (Å²) in [7, 11) is 0. The third kappa shape index (κ3) is 7.13. The van der Waals surface area contributed by atoms with Gasteiger partial charge in [-0.2, -0.15) is 5.26 Å². The quantitative estimate of drug-likeness (QED) is 0.680. The highest BCUT2D eigenvalue weighted by molar-refractivity contribution is 5.85. The Bertz CT molecular complexity index is 796. The number of aryl methyl sites for hydroxylation is 1. The normalized spacial score (nSPS) is 22.0. The number of hydrogen-bond acceptors (Lipinski definition) is 6. The lowest BCUT2D eigenvalue weighted by Crippen LogP contribution is -2.61. The van der Waals surface area contributed by atoms with Crippen LogP contribution in [-0.4, -0.2) is 79.5 Å². The van der Waals surface area contributed by atoms with Gasteiger partial charge in [0.05, 0.1) is 30.4 Å². The van der Waals surface area contributed by atoms with Crippen LogP contribution in [0.4, 0.5) is 0 Å². The van der Waals surface area contributed by atoms with Gasteiger partial charge in [0.25, 0.3) is 0 Å². The van der Waals surface area contributed by atoms with E-state index in [2.05, 4.69) is 21.2 Å². The van der Waals surface area contributed by atoms with Crippen LogP contribution < -0.4 is 5.32 Å². The zero-order valence-corrected chi connectivity index (χ0v) is 18.9. The van der Waals surface area contributed by atoms with Crippen molar-refractivity contribution >= 4 is 11.7 Å². The number of nitriles is 1. The average Bonchev–Trinajstić information content (AvgIpc) is 2.71. The van der Waals surface area contributed by atoms with Gasteiger partial charge >= 0.3 is 0 Å². The third-order valence-electron chi connectivity index (χ3n) is 5.91. The van der Waals surface area contributed by atoms with Gasteiger partial charge < -0.3 is 10.1 Å². The molecule has 0 aliphatic carbocycles. The lowest BCUT2D eigenvalue weighted by molar-refractivity contribution is -0.147. The summed E-state index contributed by atoms with van der Waals surface area (Å²) >= 11 is 0. The Labute approximate surface area is 185 Å². The van der Waals surface area contributed by atoms with Gasteiger partial charge in [-0.25, -0.2) is 0 Å². The molecular formula is C24H34N4O3. The number of amides is 1. The molecule has 168 valence electrons. The molecule has 0 saturated carbocycles. The molecule has 2 fully saturated rings. The van der Waals surface area contributed by atoms with E-state index in [4.69, 9.17) is 10.00 Å². The number of rotatable bonds is 8. The Morgan fingerprint density at radius 3 is 2.29 bits per heavy atom. The van der Waals surface area contributed by atoms with Crippen LogP contribution in [0.5, 0.6) is 0 Å². The van der Waals surface area contributed by atoms with Crippen LogP contribution in [0.25, 0.3) is 0 Å². The second-order valence-electron chi connectivity index (χ2n) is 9.67. The molecule has 7 nitrogen and oxygen atoms in total. The maximum Gasteiger partial charge on any atom is 0.220 e. The first-order chi connectivity index (χ1) is 14.7. The maximum absolute atomic E-state index is 12.3. The minimum absolute atomic E-state index is 0.0460. The summed E-state index contributed by atoms with van der Waals surface area (Å²) in [6.07, 6.45) is 1.35. The van der Waals surface area contributed by atoms with Crippen molar-refractivity contribution in [1.82, 2.24) is 15.1 Å². The fourth-order valence-electron chi connectivity index (χ4n) is 4.06. The maximum atomic E-state index is 12.3. The number of Topliss-reactive ketones (excluding diaryl/α,β-unsaturated/α-hetero) is 1. The minimum atomic E-state index is -0.308. The molecule has 2 aliphatic rings. The number of fused-ring (bicyclic) bond motifs is 2. The molecule has 2 bridgehead atoms. The number of carbonyl (C=O) groups is 2. The molecule has 0 spiro atoms. The Hall–Kier alpha value is -2.27. The van der Waals surface area contributed by atoms with Crippen molar-refractivity contribution < 1.29 is 14.3 Å². The van der Waals surface area contributed by atoms with E-state index in [0.717, 1.165) is 38.3 Å². The van der Waals surface area contributed by atoms with E-state index in [0.29, 0.717) is 31.5 Å². The summed E-state index contributed by atoms with van der Waals surface area (Å²) in [4.78, 5) is 29.1. The first-order valence-corrected chi connectivity index (χ1v) is 11.1. The number of ketones is 1. The molecule has 2 saturated heterocycles. The molecule has 2 atom stereocenters. The van der Waals surface area contributed by atoms with E-state index < -0.39 is 0 Å². The van der Waals surface area contributed by atoms with Crippen LogP contribution >= 0.6 is 0 Å². The molecule has 2 heterocycles. The van der Waals surface area contributed by atoms with E-state index in [1.54, 1.807) is 12.1 Å². The van der Waals surface area contributed by atoms with Crippen molar-refractivity contribution in [2.75, 3.05) is 45.8 Å². The zero-order chi connectivity index (χ0) is 22.4. The molecule has 1 aromatic rings. The van der Waals surface area contributed by atoms with Gasteiger partial charge in [0.2, 0.25) is 5.91 Å². The van der Waals surface area contributed by atoms with Crippen molar-refractivity contribution in [3.63, 3.8) is 0 Å². The van der Waals surface area contributed by atoms with E-state index in [1.807, 2.05) is 32.9 Å². The van der Waals surface area contributed by atoms with Gasteiger partial charge in [-0.05, 0) is 24.1 Å². The number of nitrogens with zero attached hydrogens (tertiary/aromatic N) is 3. The molecule has 2 unspecified atom stereocenters. The van der Waals surface area contributed by atoms with Crippen molar-refractivity contribution in [1.29, 1.82) is 5.26 Å². The number of hydrogen-bond donors (Lipinski definition) is 1. The van der Waals surface area contributed by atoms with Crippen molar-refractivity contribution in [2.45, 2.75) is 45.8 Å². The van der Waals surface area contributed by atoms with Gasteiger partial charge in [-0.1, -0.05) is 32.9 Å². The molecule has 0 aromatic heterocycles. The van der Waals surface area contributed by atoms with Crippen LogP contribution in [0.15, 0.2) is 24.3 Å². The highest BCUT2D eigenvalue weighted by Crippen LogP contribution is 2.21. The molecule has 3 rings (SSSR count). The van der Waals surface area contributed by atoms with Crippen molar-refractivity contribution in [2.24, 2.45) is 5.41 Å². The highest BCUT2D eigenvalue weighted by atomic mass is 16.5. The monoisotopic (exact) mass is 426 g/mol. The molecule has 1 N–H and O–H groups in total. The first kappa shape index (κ1) is 23.4. The van der Waals surface area contributed by atoms with E-state index in [1.165, 1.54) is 0 Å². The second kappa shape index (κ2) is 10.4. The molecular weight excluding hydrogens is 392 g/mol. The van der Waals surface area contributed by atoms with E-state index in [9.17, 15) is 9.59 Å². The Kier molecular flexibility index (Phi) is 7.82. The summed E-state index contributed by atoms with van der Waals surface area (Å²) in [5, 5.41) is 11.8. The topological polar surface area (TPSA) is 85.7 Å². The largest absolute Gasteiger partial charge is 0.370 e. The molecule has 1 aromatic carbocycles. The Balaban J connectivity index is 1.34. The van der Waals surface area contributed by atoms with Gasteiger partial charge in [-0.15, -0.1) is 0 Å². The summed E-state index contributed by atoms with van der Waals surface area (Å²) in [6, 6.07) is 9.46. The number of benzene rings is 1. The first-order valence-electron chi connectivity index (χ1n) is 11.1. The van der Waals surface area contributed by atoms with Crippen LogP contribution in [0.1, 0.15) is 38.3 Å². The van der Waals surface area contributed by atoms with E-state index in [-0.39, 0.29) is 29.3 Å². The fraction of sp³-hybridized carbons (Fsp3) is 0.625. The lowest BCUT2D eigenvalue weighted by Gasteiger charge is -2.46. The summed E-state index contributed by atoms with van der Waals surface area (Å²) in [5.41, 5.74) is 1.38. The summed E-state index contributed by atoms with van der Waals surface area (Å²) in [6.45, 7) is 11.1. The SMILES string of the molecule is CC(C)(C)C(=O)CN1CC2CN(CCNC(=O)CCc3ccc(C#N)cc3)CC(C1)O2. The smallest absolute Gasteiger partial charge is 0.220 e. The third-order valence-corrected chi connectivity index (χ3v) is 5.91. The van der Waals surface area contributed by atoms with Crippen molar-refractivity contribution in [3.8, 4) is 6.07 Å². The molecule has 31 heavy (non-hydrogen) atoms. The minimum Gasteiger partial charge on any atom is -0.370 e. The van der Waals surface area contributed by atoms with Crippen molar-refractivity contribution in [3.05, 3.63) is 35.4 Å². The summed E-state index contributed by atoms with van der Waals surface area (Å²) in [5.74, 6) is 0.317. The molecule has 1 amide bonds. The number of nitrogens with one attached hydrogen (secondary N) is 1. The molecule has 7 heteroatoms. The van der Waals surface area contributed by atoms with Crippen LogP contribution in [-0.2, 0) is 20.7 Å². The zero-order valence-electron chi connectivity index (χ0n) is 18.9. The van der Waals surface area contributed by atoms with Gasteiger partial charge in [0.1, 0.15) is 0 Å². The van der Waals surface area contributed by atoms with Gasteiger partial charge in [0, 0.05) is 51.1 Å². The lowest BCUT2D eigenvalue weighted by atomic mass is 9.90. The standard InChI is InChI=1S/C24H34N4O3/c1-24(2,3)22(29)17-28-15-20-13-27(14-21(16-28)31-20)11-10-26-23(30)9-8-18-4-6-19(12-25)7-5-18/h4-7,20-21H,8-11,13-17H2,1-3H3,(H,26,30). The van der Waals surface area contributed by atoms with E-state index >= 15 is 0 Å². The van der Waals surface area contributed by atoms with Gasteiger partial charge in [0.15, 0.2) is 5.78 Å². The Morgan fingerprint density at radius 2 is 1.71 bits per heavy atom. The predicted octanol–water partition coefficient (Wildman–Crippen LogP) is 1.61. The molecule has 2 aliphatic heterocycles. The number of morpholine rings is 2. The van der Waals surface area contributed by atoms with Crippen LogP contribution in [0.2, 0.25) is 0 Å². The van der Waals surface area contributed by atoms with Crippen LogP contribution in [0, 0.1) is 16.7 Å². The predicted molar refractivity (Wildman–Crippen MR) is 118 cm³/mol. The summed E-state index contributed by atoms with van der Waals surface area (Å²) < 4.78 is 6.08. The van der Waals surface area contributed by atoms with Gasteiger partial charge in [-0.3, -0.25) is 19.4 Å². The average molecular weight is 427 g/mol. The fourth-order valence-corrected chi connectivity index (χ4v) is 4.06. The second-order valence-corrected chi connectivity index (χ2v) is 9.67. The number of ether oxygens (including phenoxy) is 1. The van der Waals surface area contributed by atoms with Crippen LogP contribution in [0.3, 0.4) is 0 Å². The Morgan fingerprint density at radius 1 is 1.10 bits per heavy atom.